The second-order valence-electron chi connectivity index (χ2n) is 6.25. The molecule has 0 unspecified atom stereocenters. The van der Waals surface area contributed by atoms with Gasteiger partial charge < -0.3 is 15.1 Å². The van der Waals surface area contributed by atoms with E-state index < -0.39 is 0 Å². The first kappa shape index (κ1) is 19.6. The SMILES string of the molecule is CN1CCN(CCCNC(=O)CCCSc2ccc(Cl)cc2)CC1. The van der Waals surface area contributed by atoms with Crippen molar-refractivity contribution >= 4 is 29.3 Å². The summed E-state index contributed by atoms with van der Waals surface area (Å²) in [6.45, 7) is 6.46. The summed E-state index contributed by atoms with van der Waals surface area (Å²) in [5.74, 6) is 1.13. The van der Waals surface area contributed by atoms with Crippen LogP contribution in [0.5, 0.6) is 0 Å². The summed E-state index contributed by atoms with van der Waals surface area (Å²) < 4.78 is 0. The standard InChI is InChI=1S/C18H28ClN3OS/c1-21-11-13-22(14-12-21)10-3-9-20-18(23)4-2-15-24-17-7-5-16(19)6-8-17/h5-8H,2-4,9-15H2,1H3,(H,20,23). The molecule has 0 saturated carbocycles. The van der Waals surface area contributed by atoms with Crippen LogP contribution in [0.2, 0.25) is 5.02 Å². The van der Waals surface area contributed by atoms with Gasteiger partial charge in [0.05, 0.1) is 0 Å². The second-order valence-corrected chi connectivity index (χ2v) is 7.86. The smallest absolute Gasteiger partial charge is 0.220 e. The Morgan fingerprint density at radius 3 is 2.58 bits per heavy atom. The van der Waals surface area contributed by atoms with E-state index in [-0.39, 0.29) is 5.91 Å². The minimum absolute atomic E-state index is 0.171. The van der Waals surface area contributed by atoms with Crippen molar-refractivity contribution in [1.82, 2.24) is 15.1 Å². The molecule has 0 atom stereocenters. The van der Waals surface area contributed by atoms with Crippen LogP contribution in [0, 0.1) is 0 Å². The maximum absolute atomic E-state index is 11.8. The molecule has 1 aromatic rings. The summed E-state index contributed by atoms with van der Waals surface area (Å²) in [4.78, 5) is 17.9. The first-order valence-electron chi connectivity index (χ1n) is 8.69. The van der Waals surface area contributed by atoms with Crippen LogP contribution in [0.15, 0.2) is 29.2 Å². The van der Waals surface area contributed by atoms with Crippen molar-refractivity contribution in [2.24, 2.45) is 0 Å². The molecule has 1 N–H and O–H groups in total. The lowest BCUT2D eigenvalue weighted by molar-refractivity contribution is -0.121. The Hall–Kier alpha value is -0.750. The van der Waals surface area contributed by atoms with E-state index in [1.54, 1.807) is 11.8 Å². The topological polar surface area (TPSA) is 35.6 Å². The number of halogens is 1. The van der Waals surface area contributed by atoms with Gasteiger partial charge in [0.2, 0.25) is 5.91 Å². The number of rotatable bonds is 9. The van der Waals surface area contributed by atoms with Gasteiger partial charge in [-0.1, -0.05) is 11.6 Å². The summed E-state index contributed by atoms with van der Waals surface area (Å²) in [5, 5.41) is 3.79. The van der Waals surface area contributed by atoms with E-state index in [1.165, 1.54) is 4.90 Å². The second kappa shape index (κ2) is 11.0. The number of amides is 1. The van der Waals surface area contributed by atoms with Gasteiger partial charge in [0.25, 0.3) is 0 Å². The zero-order valence-corrected chi connectivity index (χ0v) is 16.0. The average Bonchev–Trinajstić information content (AvgIpc) is 2.59. The van der Waals surface area contributed by atoms with Gasteiger partial charge in [0, 0.05) is 49.1 Å². The van der Waals surface area contributed by atoms with E-state index in [4.69, 9.17) is 11.6 Å². The van der Waals surface area contributed by atoms with Crippen LogP contribution in [-0.2, 0) is 4.79 Å². The van der Waals surface area contributed by atoms with E-state index in [9.17, 15) is 4.79 Å². The molecule has 1 saturated heterocycles. The van der Waals surface area contributed by atoms with E-state index in [1.807, 2.05) is 24.3 Å². The molecule has 0 radical (unpaired) electrons. The number of likely N-dealkylation sites (N-methyl/N-ethyl adjacent to an activating group) is 1. The van der Waals surface area contributed by atoms with Crippen molar-refractivity contribution in [2.45, 2.75) is 24.2 Å². The van der Waals surface area contributed by atoms with Crippen molar-refractivity contribution in [1.29, 1.82) is 0 Å². The number of piperazine rings is 1. The number of carbonyl (C=O) groups is 1. The zero-order valence-electron chi connectivity index (χ0n) is 14.5. The maximum Gasteiger partial charge on any atom is 0.220 e. The molecule has 0 aromatic heterocycles. The van der Waals surface area contributed by atoms with Gasteiger partial charge in [-0.2, -0.15) is 0 Å². The van der Waals surface area contributed by atoms with Gasteiger partial charge in [0.1, 0.15) is 0 Å². The molecule has 1 aromatic carbocycles. The summed E-state index contributed by atoms with van der Waals surface area (Å²) in [7, 11) is 2.17. The maximum atomic E-state index is 11.8. The number of benzene rings is 1. The molecule has 1 amide bonds. The molecule has 4 nitrogen and oxygen atoms in total. The lowest BCUT2D eigenvalue weighted by Crippen LogP contribution is -2.45. The molecule has 134 valence electrons. The molecule has 1 aliphatic rings. The highest BCUT2D eigenvalue weighted by molar-refractivity contribution is 7.99. The molecule has 6 heteroatoms. The highest BCUT2D eigenvalue weighted by Crippen LogP contribution is 2.21. The lowest BCUT2D eigenvalue weighted by Gasteiger charge is -2.32. The largest absolute Gasteiger partial charge is 0.356 e. The molecule has 0 bridgehead atoms. The minimum atomic E-state index is 0.171. The number of thioether (sulfide) groups is 1. The van der Waals surface area contributed by atoms with Gasteiger partial charge >= 0.3 is 0 Å². The van der Waals surface area contributed by atoms with Crippen molar-refractivity contribution < 1.29 is 4.79 Å². The number of hydrogen-bond donors (Lipinski definition) is 1. The van der Waals surface area contributed by atoms with Gasteiger partial charge in [-0.05, 0) is 56.5 Å². The molecule has 1 heterocycles. The van der Waals surface area contributed by atoms with Crippen LogP contribution < -0.4 is 5.32 Å². The highest BCUT2D eigenvalue weighted by atomic mass is 35.5. The third-order valence-electron chi connectivity index (χ3n) is 4.20. The molecular formula is C18H28ClN3OS. The number of nitrogens with zero attached hydrogens (tertiary/aromatic N) is 2. The third kappa shape index (κ3) is 7.88. The summed E-state index contributed by atoms with van der Waals surface area (Å²) in [6, 6.07) is 7.84. The predicted molar refractivity (Wildman–Crippen MR) is 103 cm³/mol. The van der Waals surface area contributed by atoms with Crippen LogP contribution in [-0.4, -0.2) is 67.8 Å². The summed E-state index contributed by atoms with van der Waals surface area (Å²) in [5.41, 5.74) is 0. The van der Waals surface area contributed by atoms with Crippen molar-refractivity contribution in [3.05, 3.63) is 29.3 Å². The van der Waals surface area contributed by atoms with Crippen molar-refractivity contribution in [3.63, 3.8) is 0 Å². The fraction of sp³-hybridized carbons (Fsp3) is 0.611. The monoisotopic (exact) mass is 369 g/mol. The highest BCUT2D eigenvalue weighted by Gasteiger charge is 2.12. The normalized spacial score (nSPS) is 16.2. The van der Waals surface area contributed by atoms with Gasteiger partial charge in [-0.15, -0.1) is 11.8 Å². The Morgan fingerprint density at radius 2 is 1.88 bits per heavy atom. The van der Waals surface area contributed by atoms with Crippen LogP contribution in [0.4, 0.5) is 0 Å². The van der Waals surface area contributed by atoms with Crippen LogP contribution in [0.1, 0.15) is 19.3 Å². The Labute approximate surface area is 154 Å². The van der Waals surface area contributed by atoms with Gasteiger partial charge in [-0.25, -0.2) is 0 Å². The quantitative estimate of drug-likeness (QED) is 0.536. The van der Waals surface area contributed by atoms with E-state index in [0.29, 0.717) is 6.42 Å². The van der Waals surface area contributed by atoms with Gasteiger partial charge in [-0.3, -0.25) is 4.79 Å². The number of hydrogen-bond acceptors (Lipinski definition) is 4. The Morgan fingerprint density at radius 1 is 1.17 bits per heavy atom. The first-order chi connectivity index (χ1) is 11.6. The fourth-order valence-electron chi connectivity index (χ4n) is 2.64. The van der Waals surface area contributed by atoms with Crippen LogP contribution in [0.25, 0.3) is 0 Å². The van der Waals surface area contributed by atoms with E-state index in [0.717, 1.165) is 62.9 Å². The molecule has 1 aliphatic heterocycles. The van der Waals surface area contributed by atoms with E-state index in [2.05, 4.69) is 22.2 Å². The predicted octanol–water partition coefficient (Wildman–Crippen LogP) is 2.97. The Bertz CT molecular complexity index is 490. The molecule has 24 heavy (non-hydrogen) atoms. The number of nitrogens with one attached hydrogen (secondary N) is 1. The molecular weight excluding hydrogens is 342 g/mol. The third-order valence-corrected chi connectivity index (χ3v) is 5.55. The lowest BCUT2D eigenvalue weighted by atomic mass is 10.3. The Kier molecular flexibility index (Phi) is 8.95. The molecule has 2 rings (SSSR count). The summed E-state index contributed by atoms with van der Waals surface area (Å²) >= 11 is 7.63. The number of carbonyl (C=O) groups excluding carboxylic acids is 1. The first-order valence-corrected chi connectivity index (χ1v) is 10.1. The molecule has 0 aliphatic carbocycles. The van der Waals surface area contributed by atoms with E-state index >= 15 is 0 Å². The minimum Gasteiger partial charge on any atom is -0.356 e. The zero-order chi connectivity index (χ0) is 17.2. The van der Waals surface area contributed by atoms with Crippen molar-refractivity contribution in [2.75, 3.05) is 52.1 Å². The Balaban J connectivity index is 1.45. The molecule has 0 spiro atoms. The fourth-order valence-corrected chi connectivity index (χ4v) is 3.62. The molecule has 1 fully saturated rings. The van der Waals surface area contributed by atoms with Gasteiger partial charge in [0.15, 0.2) is 0 Å². The average molecular weight is 370 g/mol. The van der Waals surface area contributed by atoms with Crippen LogP contribution in [0.3, 0.4) is 0 Å². The van der Waals surface area contributed by atoms with Crippen molar-refractivity contribution in [3.8, 4) is 0 Å². The van der Waals surface area contributed by atoms with Crippen LogP contribution >= 0.6 is 23.4 Å². The summed E-state index contributed by atoms with van der Waals surface area (Å²) in [6.07, 6.45) is 2.54.